The van der Waals surface area contributed by atoms with Crippen LogP contribution in [-0.2, 0) is 32.2 Å². The maximum absolute atomic E-state index is 7.03. The Hall–Kier alpha value is -1.72. The third kappa shape index (κ3) is 4.49. The van der Waals surface area contributed by atoms with Crippen LogP contribution < -0.4 is 0 Å². The van der Waals surface area contributed by atoms with Crippen molar-refractivity contribution in [2.24, 2.45) is 11.8 Å². The van der Waals surface area contributed by atoms with Crippen molar-refractivity contribution in [3.8, 4) is 0 Å². The van der Waals surface area contributed by atoms with Gasteiger partial charge < -0.3 is 18.9 Å². The summed E-state index contributed by atoms with van der Waals surface area (Å²) in [4.78, 5) is 0. The average Bonchev–Trinajstić information content (AvgIpc) is 3.60. The number of benzene rings is 2. The van der Waals surface area contributed by atoms with Crippen LogP contribution in [0.4, 0.5) is 0 Å². The fourth-order valence-corrected chi connectivity index (χ4v) is 8.31. The second kappa shape index (κ2) is 9.93. The number of ether oxygens (including phenoxy) is 4. The molecule has 2 aromatic rings. The monoisotopic (exact) mass is 546 g/mol. The second-order valence-electron chi connectivity index (χ2n) is 14.5. The minimum absolute atomic E-state index is 0.0101. The van der Waals surface area contributed by atoms with Crippen molar-refractivity contribution in [3.63, 3.8) is 0 Å². The zero-order valence-electron chi connectivity index (χ0n) is 26.0. The van der Waals surface area contributed by atoms with Crippen molar-refractivity contribution in [3.05, 3.63) is 70.3 Å². The number of fused-ring (bicyclic) bond motifs is 4. The fraction of sp³-hybridized carbons (Fsp3) is 0.667. The zero-order valence-corrected chi connectivity index (χ0v) is 26.0. The highest BCUT2D eigenvalue weighted by Gasteiger charge is 2.66. The van der Waals surface area contributed by atoms with Gasteiger partial charge in [0.25, 0.3) is 0 Å². The molecule has 4 heteroatoms. The molecule has 4 fully saturated rings. The SMILES string of the molecule is Cc1ccccc1CO[C@H]1C[C@]2(C(C)C)CC(c3ccc(C)c(CO[C@@H]4C[C@@]5(C(C)C)CC[C@]4(C)O5)c3)[C@@]1(C)O2. The van der Waals surface area contributed by atoms with E-state index in [2.05, 4.69) is 97.9 Å². The van der Waals surface area contributed by atoms with Crippen LogP contribution in [0.1, 0.15) is 107 Å². The molecule has 0 spiro atoms. The minimum Gasteiger partial charge on any atom is -0.370 e. The fourth-order valence-electron chi connectivity index (χ4n) is 8.31. The lowest BCUT2D eigenvalue weighted by atomic mass is 9.67. The summed E-state index contributed by atoms with van der Waals surface area (Å²) in [6.07, 6.45) is 5.47. The standard InChI is InChI=1S/C36H50O4/c1-23(2)35-16-15-33(7,39-35)31(19-35)37-22-29-17-27(14-13-26(29)6)30-18-36(24(3)4)20-32(34(30,8)40-36)38-21-28-12-10-9-11-25(28)5/h9-14,17,23-24,30-32H,15-16,18-22H2,1-8H3/t30?,31-,32+,33+,34-,35-,36+/m1/s1. The van der Waals surface area contributed by atoms with E-state index in [1.54, 1.807) is 0 Å². The van der Waals surface area contributed by atoms with E-state index < -0.39 is 0 Å². The van der Waals surface area contributed by atoms with E-state index in [1.807, 2.05) is 0 Å². The summed E-state index contributed by atoms with van der Waals surface area (Å²) in [6, 6.07) is 15.5. The van der Waals surface area contributed by atoms with Gasteiger partial charge in [0.15, 0.2) is 0 Å². The van der Waals surface area contributed by atoms with Crippen LogP contribution in [0.15, 0.2) is 42.5 Å². The normalized spacial score (nSPS) is 38.3. The molecule has 6 rings (SSSR count). The quantitative estimate of drug-likeness (QED) is 0.318. The third-order valence-electron chi connectivity index (χ3n) is 11.5. The van der Waals surface area contributed by atoms with Gasteiger partial charge in [-0.25, -0.2) is 0 Å². The smallest absolute Gasteiger partial charge is 0.0992 e. The lowest BCUT2D eigenvalue weighted by molar-refractivity contribution is -0.101. The van der Waals surface area contributed by atoms with E-state index in [4.69, 9.17) is 18.9 Å². The Kier molecular flexibility index (Phi) is 7.05. The van der Waals surface area contributed by atoms with Gasteiger partial charge >= 0.3 is 0 Å². The average molecular weight is 547 g/mol. The van der Waals surface area contributed by atoms with Gasteiger partial charge in [-0.15, -0.1) is 0 Å². The topological polar surface area (TPSA) is 36.9 Å². The lowest BCUT2D eigenvalue weighted by Gasteiger charge is -2.38. The summed E-state index contributed by atoms with van der Waals surface area (Å²) in [5.74, 6) is 1.24. The van der Waals surface area contributed by atoms with Gasteiger partial charge in [-0.3, -0.25) is 0 Å². The highest BCUT2D eigenvalue weighted by molar-refractivity contribution is 5.37. The van der Waals surface area contributed by atoms with Crippen LogP contribution in [0.3, 0.4) is 0 Å². The van der Waals surface area contributed by atoms with Gasteiger partial charge in [0.2, 0.25) is 0 Å². The molecule has 0 aliphatic carbocycles. The molecule has 4 aliphatic rings. The predicted molar refractivity (Wildman–Crippen MR) is 159 cm³/mol. The maximum Gasteiger partial charge on any atom is 0.0992 e. The first-order chi connectivity index (χ1) is 18.9. The largest absolute Gasteiger partial charge is 0.370 e. The molecule has 7 atom stereocenters. The second-order valence-corrected chi connectivity index (χ2v) is 14.5. The van der Waals surface area contributed by atoms with E-state index in [0.29, 0.717) is 25.0 Å². The number of aryl methyl sites for hydroxylation is 2. The molecule has 4 saturated heterocycles. The van der Waals surface area contributed by atoms with E-state index in [9.17, 15) is 0 Å². The van der Waals surface area contributed by atoms with Gasteiger partial charge in [-0.2, -0.15) is 0 Å². The molecule has 4 nitrogen and oxygen atoms in total. The van der Waals surface area contributed by atoms with Crippen LogP contribution >= 0.6 is 0 Å². The van der Waals surface area contributed by atoms with Crippen molar-refractivity contribution < 1.29 is 18.9 Å². The van der Waals surface area contributed by atoms with Crippen LogP contribution in [0, 0.1) is 25.7 Å². The molecular formula is C36H50O4. The predicted octanol–water partition coefficient (Wildman–Crippen LogP) is 8.20. The Labute approximate surface area is 242 Å². The number of hydrogen-bond acceptors (Lipinski definition) is 4. The molecule has 218 valence electrons. The van der Waals surface area contributed by atoms with Gasteiger partial charge in [-0.05, 0) is 86.6 Å². The van der Waals surface area contributed by atoms with Gasteiger partial charge in [0.05, 0.1) is 47.8 Å². The molecule has 4 aliphatic heterocycles. The molecule has 1 unspecified atom stereocenters. The van der Waals surface area contributed by atoms with E-state index >= 15 is 0 Å². The Bertz CT molecular complexity index is 1250. The first-order valence-electron chi connectivity index (χ1n) is 15.7. The van der Waals surface area contributed by atoms with Crippen LogP contribution in [0.2, 0.25) is 0 Å². The first-order valence-corrected chi connectivity index (χ1v) is 15.7. The molecule has 2 aromatic carbocycles. The molecular weight excluding hydrogens is 496 g/mol. The minimum atomic E-state index is -0.351. The first kappa shape index (κ1) is 28.4. The summed E-state index contributed by atoms with van der Waals surface area (Å²) < 4.78 is 27.1. The van der Waals surface area contributed by atoms with Crippen LogP contribution in [0.25, 0.3) is 0 Å². The Morgan fingerprint density at radius 1 is 0.750 bits per heavy atom. The lowest BCUT2D eigenvalue weighted by Crippen LogP contribution is -2.44. The van der Waals surface area contributed by atoms with E-state index in [0.717, 1.165) is 32.1 Å². The summed E-state index contributed by atoms with van der Waals surface area (Å²) in [7, 11) is 0. The molecule has 4 heterocycles. The van der Waals surface area contributed by atoms with E-state index in [-0.39, 0.29) is 40.5 Å². The number of rotatable bonds is 9. The Morgan fingerprint density at radius 2 is 1.40 bits per heavy atom. The van der Waals surface area contributed by atoms with Crippen molar-refractivity contribution >= 4 is 0 Å². The van der Waals surface area contributed by atoms with Gasteiger partial charge in [0, 0.05) is 18.8 Å². The molecule has 40 heavy (non-hydrogen) atoms. The Morgan fingerprint density at radius 3 is 2.08 bits per heavy atom. The molecule has 4 bridgehead atoms. The Balaban J connectivity index is 1.21. The molecule has 0 amide bonds. The highest BCUT2D eigenvalue weighted by atomic mass is 16.6. The van der Waals surface area contributed by atoms with Gasteiger partial charge in [-0.1, -0.05) is 70.2 Å². The van der Waals surface area contributed by atoms with Crippen molar-refractivity contribution in [1.29, 1.82) is 0 Å². The number of hydrogen-bond donors (Lipinski definition) is 0. The molecule has 0 radical (unpaired) electrons. The van der Waals surface area contributed by atoms with Gasteiger partial charge in [0.1, 0.15) is 0 Å². The van der Waals surface area contributed by atoms with Crippen molar-refractivity contribution in [2.45, 2.75) is 141 Å². The highest BCUT2D eigenvalue weighted by Crippen LogP contribution is 2.61. The van der Waals surface area contributed by atoms with Crippen molar-refractivity contribution in [2.75, 3.05) is 0 Å². The summed E-state index contributed by atoms with van der Waals surface area (Å²) in [6.45, 7) is 19.4. The van der Waals surface area contributed by atoms with Crippen molar-refractivity contribution in [1.82, 2.24) is 0 Å². The maximum atomic E-state index is 7.03. The molecule has 0 N–H and O–H groups in total. The summed E-state index contributed by atoms with van der Waals surface area (Å²) >= 11 is 0. The summed E-state index contributed by atoms with van der Waals surface area (Å²) in [5, 5.41) is 0. The zero-order chi connectivity index (χ0) is 28.5. The third-order valence-corrected chi connectivity index (χ3v) is 11.5. The van der Waals surface area contributed by atoms with Crippen LogP contribution in [-0.4, -0.2) is 34.6 Å². The molecule has 0 aromatic heterocycles. The van der Waals surface area contributed by atoms with E-state index in [1.165, 1.54) is 27.8 Å². The molecule has 0 saturated carbocycles. The van der Waals surface area contributed by atoms with Crippen LogP contribution in [0.5, 0.6) is 0 Å². The summed E-state index contributed by atoms with van der Waals surface area (Å²) in [5.41, 5.74) is 5.80.